The van der Waals surface area contributed by atoms with Crippen LogP contribution >= 0.6 is 35.3 Å². The van der Waals surface area contributed by atoms with Gasteiger partial charge in [0.2, 0.25) is 0 Å². The highest BCUT2D eigenvalue weighted by molar-refractivity contribution is 14.0. The van der Waals surface area contributed by atoms with Crippen LogP contribution in [-0.2, 0) is 0 Å². The molecule has 7 heteroatoms. The van der Waals surface area contributed by atoms with Crippen molar-refractivity contribution < 1.29 is 4.74 Å². The van der Waals surface area contributed by atoms with Crippen molar-refractivity contribution in [2.45, 2.75) is 25.0 Å². The van der Waals surface area contributed by atoms with E-state index in [4.69, 9.17) is 4.74 Å². The molecule has 0 bridgehead atoms. The number of halogens is 1. The first-order valence-corrected chi connectivity index (χ1v) is 10.4. The van der Waals surface area contributed by atoms with E-state index in [2.05, 4.69) is 51.7 Å². The first kappa shape index (κ1) is 23.0. The van der Waals surface area contributed by atoms with Gasteiger partial charge < -0.3 is 19.9 Å². The summed E-state index contributed by atoms with van der Waals surface area (Å²) in [5, 5.41) is 5.71. The number of hydrogen-bond acceptors (Lipinski definition) is 4. The van der Waals surface area contributed by atoms with Gasteiger partial charge in [0.05, 0.1) is 6.04 Å². The Morgan fingerprint density at radius 2 is 1.93 bits per heavy atom. The van der Waals surface area contributed by atoms with E-state index in [-0.39, 0.29) is 30.1 Å². The molecular weight excluding hydrogens is 483 g/mol. The Morgan fingerprint density at radius 3 is 2.50 bits per heavy atom. The molecule has 3 rings (SSSR count). The zero-order chi connectivity index (χ0) is 19.1. The van der Waals surface area contributed by atoms with Crippen LogP contribution < -0.4 is 10.1 Å². The molecule has 154 valence electrons. The van der Waals surface area contributed by atoms with Crippen LogP contribution in [0.3, 0.4) is 0 Å². The summed E-state index contributed by atoms with van der Waals surface area (Å²) in [5.74, 6) is 1.94. The first-order valence-electron chi connectivity index (χ1n) is 9.54. The molecule has 0 amide bonds. The van der Waals surface area contributed by atoms with Crippen molar-refractivity contribution in [2.75, 3.05) is 40.8 Å². The summed E-state index contributed by atoms with van der Waals surface area (Å²) in [4.78, 5) is 10.5. The molecule has 1 atom stereocenters. The molecule has 1 fully saturated rings. The first-order chi connectivity index (χ1) is 13.2. The van der Waals surface area contributed by atoms with Crippen LogP contribution in [0.15, 0.2) is 52.8 Å². The zero-order valence-corrected chi connectivity index (χ0v) is 20.0. The van der Waals surface area contributed by atoms with Crippen LogP contribution in [0.25, 0.3) is 0 Å². The fourth-order valence-electron chi connectivity index (χ4n) is 3.42. The Balaban J connectivity index is 0.00000280. The lowest BCUT2D eigenvalue weighted by Gasteiger charge is -2.35. The summed E-state index contributed by atoms with van der Waals surface area (Å²) in [6.07, 6.45) is 2.30. The number of aliphatic imine (C=N–C) groups is 1. The van der Waals surface area contributed by atoms with Crippen molar-refractivity contribution in [2.24, 2.45) is 4.99 Å². The van der Waals surface area contributed by atoms with Gasteiger partial charge in [0.15, 0.2) is 5.96 Å². The number of piperidine rings is 1. The summed E-state index contributed by atoms with van der Waals surface area (Å²) >= 11 is 1.80. The molecule has 5 nitrogen and oxygen atoms in total. The quantitative estimate of drug-likeness (QED) is 0.358. The van der Waals surface area contributed by atoms with E-state index in [1.807, 2.05) is 37.4 Å². The Labute approximate surface area is 189 Å². The number of para-hydroxylation sites is 1. The Morgan fingerprint density at radius 1 is 1.21 bits per heavy atom. The average Bonchev–Trinajstić information content (AvgIpc) is 3.21. The fraction of sp³-hybridized carbons (Fsp3) is 0.476. The minimum absolute atomic E-state index is 0. The topological polar surface area (TPSA) is 40.1 Å². The molecule has 1 N–H and O–H groups in total. The van der Waals surface area contributed by atoms with Gasteiger partial charge >= 0.3 is 0 Å². The Hall–Kier alpha value is -1.32. The molecule has 1 aliphatic heterocycles. The van der Waals surface area contributed by atoms with Gasteiger partial charge in [-0.1, -0.05) is 24.3 Å². The van der Waals surface area contributed by atoms with Gasteiger partial charge in [0, 0.05) is 44.4 Å². The largest absolute Gasteiger partial charge is 0.490 e. The molecule has 0 aliphatic carbocycles. The maximum absolute atomic E-state index is 6.10. The SMILES string of the molecule is CN=C(NCC(c1cccs1)N(C)C)N1CCC(Oc2ccccc2)CC1.I. The lowest BCUT2D eigenvalue weighted by molar-refractivity contribution is 0.129. The molecule has 1 unspecified atom stereocenters. The van der Waals surface area contributed by atoms with Gasteiger partial charge in [-0.25, -0.2) is 0 Å². The highest BCUT2D eigenvalue weighted by Gasteiger charge is 2.24. The van der Waals surface area contributed by atoms with E-state index >= 15 is 0 Å². The van der Waals surface area contributed by atoms with E-state index in [9.17, 15) is 0 Å². The maximum atomic E-state index is 6.10. The summed E-state index contributed by atoms with van der Waals surface area (Å²) in [6, 6.07) is 14.8. The fourth-order valence-corrected chi connectivity index (χ4v) is 4.34. The second-order valence-corrected chi connectivity index (χ2v) is 8.02. The Bertz CT molecular complexity index is 700. The Kier molecular flexibility index (Phi) is 9.53. The number of nitrogens with one attached hydrogen (secondary N) is 1. The average molecular weight is 514 g/mol. The predicted octanol–water partition coefficient (Wildman–Crippen LogP) is 4.09. The van der Waals surface area contributed by atoms with Gasteiger partial charge in [0.25, 0.3) is 0 Å². The number of guanidine groups is 1. The summed E-state index contributed by atoms with van der Waals surface area (Å²) in [5.41, 5.74) is 0. The van der Waals surface area contributed by atoms with E-state index < -0.39 is 0 Å². The van der Waals surface area contributed by atoms with Crippen LogP contribution in [0.2, 0.25) is 0 Å². The highest BCUT2D eigenvalue weighted by atomic mass is 127. The number of thiophene rings is 1. The second kappa shape index (κ2) is 11.6. The lowest BCUT2D eigenvalue weighted by Crippen LogP contribution is -2.49. The summed E-state index contributed by atoms with van der Waals surface area (Å²) in [6.45, 7) is 2.77. The number of likely N-dealkylation sites (N-methyl/N-ethyl adjacent to an activating group) is 1. The maximum Gasteiger partial charge on any atom is 0.193 e. The van der Waals surface area contributed by atoms with Crippen LogP contribution in [0, 0.1) is 0 Å². The van der Waals surface area contributed by atoms with Crippen LogP contribution in [-0.4, -0.2) is 62.6 Å². The number of nitrogens with zero attached hydrogens (tertiary/aromatic N) is 3. The molecule has 1 aromatic carbocycles. The minimum atomic E-state index is 0. The van der Waals surface area contributed by atoms with Gasteiger partial charge in [-0.3, -0.25) is 4.99 Å². The molecule has 28 heavy (non-hydrogen) atoms. The smallest absolute Gasteiger partial charge is 0.193 e. The number of rotatable bonds is 6. The second-order valence-electron chi connectivity index (χ2n) is 7.04. The van der Waals surface area contributed by atoms with Gasteiger partial charge in [-0.2, -0.15) is 0 Å². The van der Waals surface area contributed by atoms with Crippen molar-refractivity contribution in [3.8, 4) is 5.75 Å². The van der Waals surface area contributed by atoms with Crippen LogP contribution in [0.4, 0.5) is 0 Å². The molecule has 0 spiro atoms. The standard InChI is InChI=1S/C21H30N4OS.HI/c1-22-21(23-16-19(24(2)3)20-10-7-15-27-20)25-13-11-18(12-14-25)26-17-8-5-4-6-9-17;/h4-10,15,18-19H,11-14,16H2,1-3H3,(H,22,23);1H. The van der Waals surface area contributed by atoms with Gasteiger partial charge in [-0.15, -0.1) is 35.3 Å². The minimum Gasteiger partial charge on any atom is -0.490 e. The van der Waals surface area contributed by atoms with Crippen molar-refractivity contribution in [3.05, 3.63) is 52.7 Å². The molecule has 2 heterocycles. The monoisotopic (exact) mass is 514 g/mol. The van der Waals surface area contributed by atoms with Gasteiger partial charge in [0.1, 0.15) is 11.9 Å². The lowest BCUT2D eigenvalue weighted by atomic mass is 10.1. The molecule has 1 aromatic heterocycles. The van der Waals surface area contributed by atoms with Crippen LogP contribution in [0.1, 0.15) is 23.8 Å². The van der Waals surface area contributed by atoms with Crippen molar-refractivity contribution in [3.63, 3.8) is 0 Å². The van der Waals surface area contributed by atoms with E-state index in [0.29, 0.717) is 6.04 Å². The van der Waals surface area contributed by atoms with Crippen molar-refractivity contribution >= 4 is 41.3 Å². The predicted molar refractivity (Wildman–Crippen MR) is 129 cm³/mol. The van der Waals surface area contributed by atoms with Crippen LogP contribution in [0.5, 0.6) is 5.75 Å². The molecule has 1 saturated heterocycles. The third kappa shape index (κ3) is 6.35. The number of benzene rings is 1. The molecule has 2 aromatic rings. The molecule has 0 radical (unpaired) electrons. The number of hydrogen-bond donors (Lipinski definition) is 1. The van der Waals surface area contributed by atoms with E-state index in [0.717, 1.165) is 44.2 Å². The zero-order valence-electron chi connectivity index (χ0n) is 16.9. The summed E-state index contributed by atoms with van der Waals surface area (Å²) < 4.78 is 6.10. The normalized spacial score (nSPS) is 16.6. The summed E-state index contributed by atoms with van der Waals surface area (Å²) in [7, 11) is 6.12. The number of likely N-dealkylation sites (tertiary alicyclic amines) is 1. The molecular formula is C21H31IN4OS. The van der Waals surface area contributed by atoms with E-state index in [1.54, 1.807) is 11.3 Å². The molecule has 0 saturated carbocycles. The van der Waals surface area contributed by atoms with E-state index in [1.165, 1.54) is 4.88 Å². The molecule has 1 aliphatic rings. The highest BCUT2D eigenvalue weighted by Crippen LogP contribution is 2.23. The third-order valence-corrected chi connectivity index (χ3v) is 5.92. The van der Waals surface area contributed by atoms with Crippen molar-refractivity contribution in [1.82, 2.24) is 15.1 Å². The number of ether oxygens (including phenoxy) is 1. The van der Waals surface area contributed by atoms with Crippen molar-refractivity contribution in [1.29, 1.82) is 0 Å². The van der Waals surface area contributed by atoms with Gasteiger partial charge in [-0.05, 0) is 37.7 Å². The third-order valence-electron chi connectivity index (χ3n) is 4.95.